The number of aliphatic hydroxyl groups is 1. The number of carboxylic acid groups (broad SMARTS) is 1. The van der Waals surface area contributed by atoms with Gasteiger partial charge in [-0.15, -0.1) is 0 Å². The van der Waals surface area contributed by atoms with Crippen LogP contribution in [0.3, 0.4) is 0 Å². The lowest BCUT2D eigenvalue weighted by Crippen LogP contribution is -2.09. The van der Waals surface area contributed by atoms with Crippen molar-refractivity contribution in [2.45, 2.75) is 12.8 Å². The van der Waals surface area contributed by atoms with Crippen molar-refractivity contribution in [1.82, 2.24) is 0 Å². The molecule has 0 amide bonds. The molecule has 1 saturated heterocycles. The monoisotopic (exact) mass is 282 g/mol. The molecule has 2 N–H and O–H groups in total. The smallest absolute Gasteiger partial charge is 0.338 e. The van der Waals surface area contributed by atoms with Gasteiger partial charge < -0.3 is 19.7 Å². The predicted molar refractivity (Wildman–Crippen MR) is 70.8 cm³/mol. The Morgan fingerprint density at radius 1 is 1.10 bits per heavy atom. The van der Waals surface area contributed by atoms with Crippen LogP contribution >= 0.6 is 0 Å². The Labute approximate surface area is 116 Å². The number of aromatic carboxylic acids is 1. The fraction of sp³-hybridized carbons (Fsp3) is 0.429. The predicted octanol–water partition coefficient (Wildman–Crippen LogP) is 1.33. The van der Waals surface area contributed by atoms with Crippen molar-refractivity contribution in [3.63, 3.8) is 0 Å². The zero-order chi connectivity index (χ0) is 14.8. The Kier molecular flexibility index (Phi) is 7.31. The maximum Gasteiger partial charge on any atom is 0.338 e. The van der Waals surface area contributed by atoms with Crippen LogP contribution in [-0.4, -0.2) is 48.6 Å². The fourth-order valence-corrected chi connectivity index (χ4v) is 1.48. The highest BCUT2D eigenvalue weighted by atomic mass is 16.5. The second kappa shape index (κ2) is 9.06. The summed E-state index contributed by atoms with van der Waals surface area (Å²) in [6.45, 7) is 1.69. The van der Waals surface area contributed by atoms with Crippen molar-refractivity contribution in [3.05, 3.63) is 35.4 Å². The van der Waals surface area contributed by atoms with E-state index in [2.05, 4.69) is 4.74 Å². The van der Waals surface area contributed by atoms with Crippen molar-refractivity contribution < 1.29 is 29.3 Å². The van der Waals surface area contributed by atoms with Crippen LogP contribution in [0.4, 0.5) is 0 Å². The summed E-state index contributed by atoms with van der Waals surface area (Å²) < 4.78 is 9.59. The van der Waals surface area contributed by atoms with Gasteiger partial charge in [0.05, 0.1) is 17.7 Å². The number of carbonyl (C=O) groups is 2. The molecule has 2 rings (SSSR count). The molecule has 0 radical (unpaired) electrons. The standard InChI is InChI=1S/C10H10O5.C4H8O/c11-5-6-15-10(14)8-3-1-7(2-4-8)9(12)13;1-2-4-5-3-1/h1-4,11H,5-6H2,(H,12,13);1-4H2. The van der Waals surface area contributed by atoms with Crippen molar-refractivity contribution in [2.75, 3.05) is 26.4 Å². The number of hydrogen-bond acceptors (Lipinski definition) is 5. The highest BCUT2D eigenvalue weighted by molar-refractivity contribution is 5.92. The summed E-state index contributed by atoms with van der Waals surface area (Å²) in [4.78, 5) is 21.7. The second-order valence-electron chi connectivity index (χ2n) is 4.06. The molecule has 110 valence electrons. The first-order chi connectivity index (χ1) is 9.65. The minimum atomic E-state index is -1.05. The Hall–Kier alpha value is -1.92. The molecule has 0 aromatic heterocycles. The van der Waals surface area contributed by atoms with E-state index in [0.717, 1.165) is 13.2 Å². The largest absolute Gasteiger partial charge is 0.478 e. The van der Waals surface area contributed by atoms with Crippen LogP contribution in [0.5, 0.6) is 0 Å². The van der Waals surface area contributed by atoms with Gasteiger partial charge in [-0.25, -0.2) is 9.59 Å². The van der Waals surface area contributed by atoms with E-state index in [9.17, 15) is 9.59 Å². The molecule has 1 aromatic carbocycles. The highest BCUT2D eigenvalue weighted by Crippen LogP contribution is 2.05. The molecule has 1 aliphatic heterocycles. The van der Waals surface area contributed by atoms with Crippen LogP contribution in [0.1, 0.15) is 33.6 Å². The first-order valence-electron chi connectivity index (χ1n) is 6.34. The first-order valence-corrected chi connectivity index (χ1v) is 6.34. The van der Waals surface area contributed by atoms with Crippen molar-refractivity contribution in [1.29, 1.82) is 0 Å². The van der Waals surface area contributed by atoms with Gasteiger partial charge in [0, 0.05) is 13.2 Å². The van der Waals surface area contributed by atoms with Gasteiger partial charge >= 0.3 is 11.9 Å². The summed E-state index contributed by atoms with van der Waals surface area (Å²) in [6, 6.07) is 5.36. The van der Waals surface area contributed by atoms with E-state index >= 15 is 0 Å². The molecule has 0 spiro atoms. The third-order valence-corrected chi connectivity index (χ3v) is 2.52. The highest BCUT2D eigenvalue weighted by Gasteiger charge is 2.08. The van der Waals surface area contributed by atoms with Gasteiger partial charge in [0.15, 0.2) is 0 Å². The lowest BCUT2D eigenvalue weighted by Gasteiger charge is -2.02. The van der Waals surface area contributed by atoms with Gasteiger partial charge in [-0.05, 0) is 37.1 Å². The van der Waals surface area contributed by atoms with Crippen LogP contribution in [0, 0.1) is 0 Å². The van der Waals surface area contributed by atoms with E-state index in [-0.39, 0.29) is 24.3 Å². The number of ether oxygens (including phenoxy) is 2. The molecule has 0 bridgehead atoms. The normalized spacial score (nSPS) is 13.2. The third kappa shape index (κ3) is 5.81. The minimum absolute atomic E-state index is 0.0699. The maximum absolute atomic E-state index is 11.2. The lowest BCUT2D eigenvalue weighted by atomic mass is 10.1. The van der Waals surface area contributed by atoms with Crippen molar-refractivity contribution in [2.24, 2.45) is 0 Å². The second-order valence-corrected chi connectivity index (χ2v) is 4.06. The number of rotatable bonds is 4. The molecular formula is C14H18O6. The minimum Gasteiger partial charge on any atom is -0.478 e. The Morgan fingerprint density at radius 2 is 1.65 bits per heavy atom. The first kappa shape index (κ1) is 16.1. The molecular weight excluding hydrogens is 264 g/mol. The molecule has 0 saturated carbocycles. The van der Waals surface area contributed by atoms with Crippen LogP contribution in [-0.2, 0) is 9.47 Å². The molecule has 20 heavy (non-hydrogen) atoms. The average Bonchev–Trinajstić information content (AvgIpc) is 3.04. The van der Waals surface area contributed by atoms with Crippen LogP contribution in [0.2, 0.25) is 0 Å². The van der Waals surface area contributed by atoms with Gasteiger partial charge in [-0.2, -0.15) is 0 Å². The summed E-state index contributed by atoms with van der Waals surface area (Å²) in [6.07, 6.45) is 2.56. The fourth-order valence-electron chi connectivity index (χ4n) is 1.48. The lowest BCUT2D eigenvalue weighted by molar-refractivity contribution is 0.0433. The van der Waals surface area contributed by atoms with Gasteiger partial charge in [0.25, 0.3) is 0 Å². The SMILES string of the molecule is C1CCOC1.O=C(O)c1ccc(C(=O)OCCO)cc1. The Morgan fingerprint density at radius 3 is 2.05 bits per heavy atom. The van der Waals surface area contributed by atoms with E-state index in [4.69, 9.17) is 14.9 Å². The van der Waals surface area contributed by atoms with Crippen LogP contribution in [0.25, 0.3) is 0 Å². The van der Waals surface area contributed by atoms with Gasteiger partial charge in [-0.3, -0.25) is 0 Å². The van der Waals surface area contributed by atoms with Gasteiger partial charge in [0.2, 0.25) is 0 Å². The van der Waals surface area contributed by atoms with Gasteiger partial charge in [0.1, 0.15) is 6.61 Å². The number of esters is 1. The quantitative estimate of drug-likeness (QED) is 0.809. The van der Waals surface area contributed by atoms with Crippen molar-refractivity contribution in [3.8, 4) is 0 Å². The van der Waals surface area contributed by atoms with E-state index in [0.29, 0.717) is 0 Å². The molecule has 1 aliphatic rings. The molecule has 0 unspecified atom stereocenters. The number of aliphatic hydroxyl groups excluding tert-OH is 1. The topological polar surface area (TPSA) is 93.1 Å². The summed E-state index contributed by atoms with van der Waals surface area (Å²) in [5.74, 6) is -1.63. The zero-order valence-electron chi connectivity index (χ0n) is 11.1. The average molecular weight is 282 g/mol. The zero-order valence-corrected chi connectivity index (χ0v) is 11.1. The number of benzene rings is 1. The van der Waals surface area contributed by atoms with Gasteiger partial charge in [-0.1, -0.05) is 0 Å². The van der Waals surface area contributed by atoms with Crippen LogP contribution in [0.15, 0.2) is 24.3 Å². The van der Waals surface area contributed by atoms with Crippen molar-refractivity contribution >= 4 is 11.9 Å². The summed E-state index contributed by atoms with van der Waals surface area (Å²) >= 11 is 0. The molecule has 1 fully saturated rings. The molecule has 6 heteroatoms. The Balaban J connectivity index is 0.000000333. The number of carboxylic acids is 1. The van der Waals surface area contributed by atoms with E-state index in [1.54, 1.807) is 0 Å². The summed E-state index contributed by atoms with van der Waals surface area (Å²) in [5.41, 5.74) is 0.363. The maximum atomic E-state index is 11.2. The molecule has 1 heterocycles. The summed E-state index contributed by atoms with van der Waals surface area (Å²) in [5, 5.41) is 17.0. The molecule has 1 aromatic rings. The van der Waals surface area contributed by atoms with E-state index < -0.39 is 11.9 Å². The Bertz CT molecular complexity index is 414. The van der Waals surface area contributed by atoms with E-state index in [1.807, 2.05) is 0 Å². The molecule has 0 atom stereocenters. The van der Waals surface area contributed by atoms with E-state index in [1.165, 1.54) is 37.1 Å². The third-order valence-electron chi connectivity index (χ3n) is 2.52. The summed E-state index contributed by atoms with van der Waals surface area (Å²) in [7, 11) is 0. The molecule has 0 aliphatic carbocycles. The number of hydrogen-bond donors (Lipinski definition) is 2. The molecule has 6 nitrogen and oxygen atoms in total. The number of carbonyl (C=O) groups excluding carboxylic acids is 1. The van der Waals surface area contributed by atoms with Crippen LogP contribution < -0.4 is 0 Å².